The predicted molar refractivity (Wildman–Crippen MR) is 108 cm³/mol. The van der Waals surface area contributed by atoms with Crippen molar-refractivity contribution in [2.24, 2.45) is 0 Å². The second-order valence-electron chi connectivity index (χ2n) is 7.62. The Labute approximate surface area is 156 Å². The molecule has 26 heavy (non-hydrogen) atoms. The van der Waals surface area contributed by atoms with Gasteiger partial charge in [0.25, 0.3) is 0 Å². The van der Waals surface area contributed by atoms with E-state index in [0.29, 0.717) is 5.56 Å². The molecule has 0 radical (unpaired) electrons. The highest BCUT2D eigenvalue weighted by Crippen LogP contribution is 2.34. The van der Waals surface area contributed by atoms with Gasteiger partial charge in [-0.3, -0.25) is 0 Å². The number of phenolic OH excluding ortho intramolecular Hbond substituents is 2. The van der Waals surface area contributed by atoms with Crippen LogP contribution in [0.5, 0.6) is 11.5 Å². The molecule has 2 rings (SSSR count). The Morgan fingerprint density at radius 1 is 0.962 bits per heavy atom. The number of unbranched alkanes of at least 4 members (excludes halogenated alkanes) is 2. The fourth-order valence-electron chi connectivity index (χ4n) is 3.16. The molecule has 0 aliphatic carbocycles. The van der Waals surface area contributed by atoms with Gasteiger partial charge in [-0.1, -0.05) is 49.2 Å². The predicted octanol–water partition coefficient (Wildman–Crippen LogP) is 5.53. The van der Waals surface area contributed by atoms with E-state index < -0.39 is 5.60 Å². The van der Waals surface area contributed by atoms with Crippen molar-refractivity contribution in [2.75, 3.05) is 0 Å². The molecule has 2 aromatic rings. The first-order valence-electron chi connectivity index (χ1n) is 9.27. The van der Waals surface area contributed by atoms with Crippen LogP contribution in [0.25, 0.3) is 11.6 Å². The van der Waals surface area contributed by atoms with E-state index in [-0.39, 0.29) is 11.5 Å². The highest BCUT2D eigenvalue weighted by Gasteiger charge is 2.11. The van der Waals surface area contributed by atoms with E-state index in [1.807, 2.05) is 39.0 Å². The first-order chi connectivity index (χ1) is 12.3. The summed E-state index contributed by atoms with van der Waals surface area (Å²) < 4.78 is 0. The molecule has 0 amide bonds. The number of allylic oxidation sites excluding steroid dienone is 1. The molecule has 0 unspecified atom stereocenters. The van der Waals surface area contributed by atoms with Gasteiger partial charge in [-0.25, -0.2) is 0 Å². The number of hydrogen-bond acceptors (Lipinski definition) is 3. The third-order valence-electron chi connectivity index (χ3n) is 4.50. The molecule has 0 aliphatic heterocycles. The smallest absolute Gasteiger partial charge is 0.126 e. The van der Waals surface area contributed by atoms with Gasteiger partial charge in [0.05, 0.1) is 11.2 Å². The second kappa shape index (κ2) is 8.91. The summed E-state index contributed by atoms with van der Waals surface area (Å²) in [6.07, 6.45) is 7.06. The largest absolute Gasteiger partial charge is 0.507 e. The molecule has 0 atom stereocenters. The van der Waals surface area contributed by atoms with Gasteiger partial charge in [0.15, 0.2) is 0 Å². The Morgan fingerprint density at radius 3 is 2.27 bits per heavy atom. The first-order valence-corrected chi connectivity index (χ1v) is 9.27. The van der Waals surface area contributed by atoms with Gasteiger partial charge in [0.2, 0.25) is 0 Å². The van der Waals surface area contributed by atoms with Gasteiger partial charge in [-0.15, -0.1) is 0 Å². The van der Waals surface area contributed by atoms with E-state index >= 15 is 0 Å². The van der Waals surface area contributed by atoms with Crippen molar-refractivity contribution in [3.8, 4) is 11.5 Å². The zero-order valence-electron chi connectivity index (χ0n) is 16.0. The van der Waals surface area contributed by atoms with Crippen LogP contribution in [0.4, 0.5) is 0 Å². The van der Waals surface area contributed by atoms with Crippen LogP contribution in [0.3, 0.4) is 0 Å². The van der Waals surface area contributed by atoms with Crippen molar-refractivity contribution < 1.29 is 15.3 Å². The number of phenols is 2. The van der Waals surface area contributed by atoms with Crippen molar-refractivity contribution in [3.63, 3.8) is 0 Å². The zero-order valence-corrected chi connectivity index (χ0v) is 16.0. The summed E-state index contributed by atoms with van der Waals surface area (Å²) in [4.78, 5) is 0. The number of aromatic hydroxyl groups is 2. The van der Waals surface area contributed by atoms with Crippen molar-refractivity contribution >= 4 is 11.6 Å². The van der Waals surface area contributed by atoms with E-state index in [4.69, 9.17) is 0 Å². The number of benzene rings is 2. The molecule has 2 aromatic carbocycles. The minimum Gasteiger partial charge on any atom is -0.507 e. The highest BCUT2D eigenvalue weighted by molar-refractivity contribution is 5.85. The molecule has 140 valence electrons. The molecule has 0 spiro atoms. The van der Waals surface area contributed by atoms with Crippen molar-refractivity contribution in [2.45, 2.75) is 58.5 Å². The maximum Gasteiger partial charge on any atom is 0.126 e. The Hall–Kier alpha value is -2.26. The van der Waals surface area contributed by atoms with Gasteiger partial charge >= 0.3 is 0 Å². The molecule has 3 heteroatoms. The number of aryl methyl sites for hydroxylation is 1. The molecular formula is C23H30O3. The molecule has 0 fully saturated rings. The molecule has 3 N–H and O–H groups in total. The van der Waals surface area contributed by atoms with Crippen LogP contribution < -0.4 is 0 Å². The van der Waals surface area contributed by atoms with Crippen molar-refractivity contribution in [3.05, 3.63) is 59.2 Å². The molecular weight excluding hydrogens is 324 g/mol. The van der Waals surface area contributed by atoms with Gasteiger partial charge in [-0.05, 0) is 68.9 Å². The van der Waals surface area contributed by atoms with Gasteiger partial charge in [0, 0.05) is 0 Å². The third kappa shape index (κ3) is 6.23. The van der Waals surface area contributed by atoms with E-state index in [9.17, 15) is 15.3 Å². The van der Waals surface area contributed by atoms with E-state index in [0.717, 1.165) is 43.2 Å². The minimum atomic E-state index is -0.573. The lowest BCUT2D eigenvalue weighted by molar-refractivity contribution is 0.0681. The van der Waals surface area contributed by atoms with Crippen LogP contribution in [0.2, 0.25) is 0 Å². The Kier molecular flexibility index (Phi) is 6.87. The van der Waals surface area contributed by atoms with Crippen LogP contribution in [0, 0.1) is 0 Å². The number of hydrogen-bond donors (Lipinski definition) is 3. The first kappa shape index (κ1) is 20.1. The fourth-order valence-corrected chi connectivity index (χ4v) is 3.16. The van der Waals surface area contributed by atoms with E-state index in [1.54, 1.807) is 18.2 Å². The number of rotatable bonds is 8. The lowest BCUT2D eigenvalue weighted by Crippen LogP contribution is -2.17. The summed E-state index contributed by atoms with van der Waals surface area (Å²) >= 11 is 0. The fraction of sp³-hybridized carbons (Fsp3) is 0.391. The molecule has 3 nitrogen and oxygen atoms in total. The monoisotopic (exact) mass is 354 g/mol. The minimum absolute atomic E-state index is 0.0849. The standard InChI is InChI=1S/C23H30O3/c1-17(22-20(24)12-8-13-21(22)25)15-19-11-7-10-18(16-19)9-5-4-6-14-23(2,3)26/h7-8,10-13,15-16,24-26H,4-6,9,14H2,1-3H3. The molecule has 0 aromatic heterocycles. The average Bonchev–Trinajstić information content (AvgIpc) is 2.53. The SMILES string of the molecule is CC(=Cc1cccc(CCCCCC(C)(C)O)c1)c1c(O)cccc1O. The Bertz CT molecular complexity index is 734. The van der Waals surface area contributed by atoms with Gasteiger partial charge < -0.3 is 15.3 Å². The van der Waals surface area contributed by atoms with Crippen LogP contribution in [-0.2, 0) is 6.42 Å². The maximum atomic E-state index is 10.00. The summed E-state index contributed by atoms with van der Waals surface area (Å²) in [7, 11) is 0. The van der Waals surface area contributed by atoms with Gasteiger partial charge in [0.1, 0.15) is 11.5 Å². The lowest BCUT2D eigenvalue weighted by atomic mass is 9.98. The quantitative estimate of drug-likeness (QED) is 0.431. The molecule has 0 bridgehead atoms. The van der Waals surface area contributed by atoms with Crippen molar-refractivity contribution in [1.29, 1.82) is 0 Å². The maximum absolute atomic E-state index is 10.00. The van der Waals surface area contributed by atoms with Crippen molar-refractivity contribution in [1.82, 2.24) is 0 Å². The van der Waals surface area contributed by atoms with E-state index in [2.05, 4.69) is 12.1 Å². The molecule has 0 saturated heterocycles. The van der Waals surface area contributed by atoms with Crippen LogP contribution in [0.1, 0.15) is 63.1 Å². The summed E-state index contributed by atoms with van der Waals surface area (Å²) in [6, 6.07) is 13.1. The topological polar surface area (TPSA) is 60.7 Å². The Balaban J connectivity index is 2.00. The van der Waals surface area contributed by atoms with Crippen LogP contribution >= 0.6 is 0 Å². The molecule has 0 saturated carbocycles. The number of aliphatic hydroxyl groups is 1. The molecule has 0 heterocycles. The average molecular weight is 354 g/mol. The molecule has 0 aliphatic rings. The summed E-state index contributed by atoms with van der Waals surface area (Å²) in [5.41, 5.74) is 3.06. The van der Waals surface area contributed by atoms with Crippen LogP contribution in [0.15, 0.2) is 42.5 Å². The van der Waals surface area contributed by atoms with E-state index in [1.165, 1.54) is 5.56 Å². The zero-order chi connectivity index (χ0) is 19.2. The lowest BCUT2D eigenvalue weighted by Gasteiger charge is -2.16. The summed E-state index contributed by atoms with van der Waals surface area (Å²) in [6.45, 7) is 5.60. The van der Waals surface area contributed by atoms with Crippen LogP contribution in [-0.4, -0.2) is 20.9 Å². The Morgan fingerprint density at radius 2 is 1.62 bits per heavy atom. The normalized spacial score (nSPS) is 12.4. The summed E-state index contributed by atoms with van der Waals surface area (Å²) in [5, 5.41) is 29.7. The summed E-state index contributed by atoms with van der Waals surface area (Å²) in [5.74, 6) is 0.170. The second-order valence-corrected chi connectivity index (χ2v) is 7.62. The third-order valence-corrected chi connectivity index (χ3v) is 4.50. The van der Waals surface area contributed by atoms with Gasteiger partial charge in [-0.2, -0.15) is 0 Å². The highest BCUT2D eigenvalue weighted by atomic mass is 16.3.